The number of nitrogens with one attached hydrogen (secondary N) is 1. The van der Waals surface area contributed by atoms with Crippen molar-refractivity contribution in [3.63, 3.8) is 0 Å². The maximum absolute atomic E-state index is 8.40. The highest BCUT2D eigenvalue weighted by Crippen LogP contribution is 2.16. The van der Waals surface area contributed by atoms with Gasteiger partial charge in [0.15, 0.2) is 11.4 Å². The molecule has 0 amide bonds. The number of rotatable bonds is 3. The zero-order valence-electron chi connectivity index (χ0n) is 8.32. The Hall–Kier alpha value is -0.730. The second-order valence-corrected chi connectivity index (χ2v) is 3.94. The van der Waals surface area contributed by atoms with E-state index in [4.69, 9.17) is 10.00 Å². The van der Waals surface area contributed by atoms with Crippen LogP contribution in [0.5, 0.6) is 0 Å². The van der Waals surface area contributed by atoms with Crippen LogP contribution in [-0.2, 0) is 4.74 Å². The van der Waals surface area contributed by atoms with Gasteiger partial charge in [-0.1, -0.05) is 11.8 Å². The molecule has 1 unspecified atom stereocenters. The van der Waals surface area contributed by atoms with E-state index in [1.807, 2.05) is 12.4 Å². The van der Waals surface area contributed by atoms with Crippen LogP contribution in [0.2, 0.25) is 0 Å². The van der Waals surface area contributed by atoms with Gasteiger partial charge in [-0.2, -0.15) is 5.26 Å². The van der Waals surface area contributed by atoms with E-state index in [1.165, 1.54) is 11.8 Å². The number of thioether (sulfide) groups is 1. The van der Waals surface area contributed by atoms with Crippen molar-refractivity contribution in [1.29, 1.82) is 5.26 Å². The predicted molar refractivity (Wildman–Crippen MR) is 58.1 cm³/mol. The summed E-state index contributed by atoms with van der Waals surface area (Å²) in [6.45, 7) is 2.54. The SMILES string of the molecule is CSC(=NCCC1CCOC1)NC#N. The van der Waals surface area contributed by atoms with Crippen molar-refractivity contribution in [1.82, 2.24) is 5.32 Å². The summed E-state index contributed by atoms with van der Waals surface area (Å²) in [5, 5.41) is 11.6. The third-order valence-electron chi connectivity index (χ3n) is 2.17. The molecule has 1 atom stereocenters. The lowest BCUT2D eigenvalue weighted by molar-refractivity contribution is 0.184. The van der Waals surface area contributed by atoms with E-state index in [0.29, 0.717) is 11.1 Å². The van der Waals surface area contributed by atoms with Crippen molar-refractivity contribution < 1.29 is 4.74 Å². The Bertz CT molecular complexity index is 231. The molecule has 1 aliphatic heterocycles. The van der Waals surface area contributed by atoms with Gasteiger partial charge in [0.2, 0.25) is 0 Å². The topological polar surface area (TPSA) is 57.4 Å². The Balaban J connectivity index is 2.19. The van der Waals surface area contributed by atoms with E-state index < -0.39 is 0 Å². The minimum absolute atomic E-state index is 0.656. The quantitative estimate of drug-likeness (QED) is 0.331. The summed E-state index contributed by atoms with van der Waals surface area (Å²) in [6, 6.07) is 0. The fourth-order valence-electron chi connectivity index (χ4n) is 1.36. The largest absolute Gasteiger partial charge is 0.381 e. The van der Waals surface area contributed by atoms with Crippen molar-refractivity contribution >= 4 is 16.9 Å². The first-order valence-corrected chi connectivity index (χ1v) is 5.90. The molecule has 1 saturated heterocycles. The summed E-state index contributed by atoms with van der Waals surface area (Å²) in [4.78, 5) is 4.29. The summed E-state index contributed by atoms with van der Waals surface area (Å²) in [5.74, 6) is 0.656. The molecule has 14 heavy (non-hydrogen) atoms. The molecule has 1 rings (SSSR count). The van der Waals surface area contributed by atoms with Crippen molar-refractivity contribution in [2.75, 3.05) is 26.0 Å². The van der Waals surface area contributed by atoms with Gasteiger partial charge in [-0.25, -0.2) is 0 Å². The molecule has 5 heteroatoms. The second-order valence-electron chi connectivity index (χ2n) is 3.15. The van der Waals surface area contributed by atoms with Crippen molar-refractivity contribution in [3.05, 3.63) is 0 Å². The van der Waals surface area contributed by atoms with Crippen LogP contribution in [-0.4, -0.2) is 31.2 Å². The average Bonchev–Trinajstić information content (AvgIpc) is 2.69. The third kappa shape index (κ3) is 3.99. The standard InChI is InChI=1S/C9H15N3OS/c1-14-9(12-7-10)11-4-2-8-3-5-13-6-8/h8H,2-6H2,1H3,(H,11,12). The molecule has 4 nitrogen and oxygen atoms in total. The fourth-order valence-corrected chi connectivity index (χ4v) is 1.73. The lowest BCUT2D eigenvalue weighted by atomic mass is 10.1. The minimum atomic E-state index is 0.656. The van der Waals surface area contributed by atoms with Crippen molar-refractivity contribution in [2.24, 2.45) is 10.9 Å². The first-order chi connectivity index (χ1) is 6.86. The van der Waals surface area contributed by atoms with Gasteiger partial charge in [-0.05, 0) is 25.0 Å². The van der Waals surface area contributed by atoms with Gasteiger partial charge in [-0.15, -0.1) is 0 Å². The highest BCUT2D eigenvalue weighted by molar-refractivity contribution is 8.13. The first-order valence-electron chi connectivity index (χ1n) is 4.68. The molecular formula is C9H15N3OS. The van der Waals surface area contributed by atoms with Gasteiger partial charge in [-0.3, -0.25) is 10.3 Å². The Morgan fingerprint density at radius 2 is 2.64 bits per heavy atom. The number of ether oxygens (including phenoxy) is 1. The van der Waals surface area contributed by atoms with Gasteiger partial charge in [0.05, 0.1) is 0 Å². The zero-order valence-corrected chi connectivity index (χ0v) is 9.14. The van der Waals surface area contributed by atoms with Crippen LogP contribution >= 0.6 is 11.8 Å². The van der Waals surface area contributed by atoms with E-state index >= 15 is 0 Å². The summed E-state index contributed by atoms with van der Waals surface area (Å²) >= 11 is 1.46. The predicted octanol–water partition coefficient (Wildman–Crippen LogP) is 1.20. The number of nitrogens with zero attached hydrogens (tertiary/aromatic N) is 2. The van der Waals surface area contributed by atoms with Gasteiger partial charge in [0, 0.05) is 19.8 Å². The molecule has 0 aromatic carbocycles. The molecule has 1 aliphatic rings. The first kappa shape index (κ1) is 11.3. The average molecular weight is 213 g/mol. The number of nitriles is 1. The van der Waals surface area contributed by atoms with Gasteiger partial charge in [0.1, 0.15) is 0 Å². The van der Waals surface area contributed by atoms with E-state index in [2.05, 4.69) is 10.3 Å². The Labute approximate surface area is 88.7 Å². The normalized spacial score (nSPS) is 22.0. The van der Waals surface area contributed by atoms with Crippen LogP contribution < -0.4 is 5.32 Å². The molecule has 78 valence electrons. The molecule has 0 aromatic heterocycles. The van der Waals surface area contributed by atoms with Crippen LogP contribution in [0.1, 0.15) is 12.8 Å². The maximum atomic E-state index is 8.40. The molecule has 0 radical (unpaired) electrons. The Morgan fingerprint density at radius 3 is 3.21 bits per heavy atom. The van der Waals surface area contributed by atoms with Crippen LogP contribution in [0.15, 0.2) is 4.99 Å². The number of hydrogen-bond acceptors (Lipinski definition) is 4. The Kier molecular flexibility index (Phi) is 5.42. The van der Waals surface area contributed by atoms with Gasteiger partial charge >= 0.3 is 0 Å². The summed E-state index contributed by atoms with van der Waals surface area (Å²) in [6.07, 6.45) is 5.98. The molecule has 0 aliphatic carbocycles. The van der Waals surface area contributed by atoms with Crippen LogP contribution in [0.3, 0.4) is 0 Å². The number of amidine groups is 1. The Morgan fingerprint density at radius 1 is 1.79 bits per heavy atom. The van der Waals surface area contributed by atoms with Gasteiger partial charge < -0.3 is 4.74 Å². The molecular weight excluding hydrogens is 198 g/mol. The summed E-state index contributed by atoms with van der Waals surface area (Å²) < 4.78 is 5.27. The van der Waals surface area contributed by atoms with E-state index in [0.717, 1.165) is 32.6 Å². The monoisotopic (exact) mass is 213 g/mol. The molecule has 1 heterocycles. The molecule has 0 aromatic rings. The van der Waals surface area contributed by atoms with Crippen LogP contribution in [0.4, 0.5) is 0 Å². The fraction of sp³-hybridized carbons (Fsp3) is 0.778. The van der Waals surface area contributed by atoms with E-state index in [-0.39, 0.29) is 0 Å². The van der Waals surface area contributed by atoms with E-state index in [9.17, 15) is 0 Å². The second kappa shape index (κ2) is 6.68. The van der Waals surface area contributed by atoms with Gasteiger partial charge in [0.25, 0.3) is 0 Å². The number of hydrogen-bond donors (Lipinski definition) is 1. The van der Waals surface area contributed by atoms with Crippen molar-refractivity contribution in [2.45, 2.75) is 12.8 Å². The summed E-state index contributed by atoms with van der Waals surface area (Å²) in [7, 11) is 0. The lowest BCUT2D eigenvalue weighted by Crippen LogP contribution is -2.14. The zero-order chi connectivity index (χ0) is 10.2. The molecule has 1 N–H and O–H groups in total. The molecule has 1 fully saturated rings. The highest BCUT2D eigenvalue weighted by Gasteiger charge is 2.14. The molecule has 0 spiro atoms. The highest BCUT2D eigenvalue weighted by atomic mass is 32.2. The third-order valence-corrected chi connectivity index (χ3v) is 2.79. The summed E-state index contributed by atoms with van der Waals surface area (Å²) in [5.41, 5.74) is 0. The smallest absolute Gasteiger partial charge is 0.183 e. The lowest BCUT2D eigenvalue weighted by Gasteiger charge is -2.04. The molecule has 0 bridgehead atoms. The van der Waals surface area contributed by atoms with E-state index in [1.54, 1.807) is 0 Å². The van der Waals surface area contributed by atoms with Crippen LogP contribution in [0, 0.1) is 17.4 Å². The molecule has 0 saturated carbocycles. The minimum Gasteiger partial charge on any atom is -0.381 e. The number of aliphatic imine (C=N–C) groups is 1. The van der Waals surface area contributed by atoms with Crippen LogP contribution in [0.25, 0.3) is 0 Å². The maximum Gasteiger partial charge on any atom is 0.183 e. The van der Waals surface area contributed by atoms with Crippen molar-refractivity contribution in [3.8, 4) is 6.19 Å².